The third kappa shape index (κ3) is 4.67. The minimum atomic E-state index is -4.63. The second-order valence-corrected chi connectivity index (χ2v) is 4.89. The van der Waals surface area contributed by atoms with Gasteiger partial charge in [0.15, 0.2) is 24.0 Å². The number of hydrogen-bond acceptors (Lipinski definition) is 2. The van der Waals surface area contributed by atoms with E-state index in [-0.39, 0.29) is 0 Å². The lowest BCUT2D eigenvalue weighted by Crippen LogP contribution is -2.43. The summed E-state index contributed by atoms with van der Waals surface area (Å²) >= 11 is 0. The van der Waals surface area contributed by atoms with Crippen LogP contribution in [0.15, 0.2) is 0 Å². The maximum Gasteiger partial charge on any atom is 0.389 e. The first-order chi connectivity index (χ1) is 11.4. The average molecular weight is 388 g/mol. The van der Waals surface area contributed by atoms with Crippen LogP contribution in [0.2, 0.25) is 0 Å². The van der Waals surface area contributed by atoms with Crippen molar-refractivity contribution in [2.24, 2.45) is 0 Å². The summed E-state index contributed by atoms with van der Waals surface area (Å²) in [5.74, 6) is -9.91. The van der Waals surface area contributed by atoms with E-state index in [1.54, 1.807) is 0 Å². The molecule has 1 atom stereocenters. The molecular formula is C13H10F10O2. The zero-order valence-electron chi connectivity index (χ0n) is 12.3. The van der Waals surface area contributed by atoms with Crippen molar-refractivity contribution in [3.05, 3.63) is 28.8 Å². The Morgan fingerprint density at radius 1 is 0.880 bits per heavy atom. The first-order valence-corrected chi connectivity index (χ1v) is 6.36. The lowest BCUT2D eigenvalue weighted by molar-refractivity contribution is -0.274. The standard InChI is InChI=1S/C13H10F10O2/c1-5-6(15)8(17)10(9(18)7(5)16)24-4-13(22,23)25-3-12(21,2-14)11(19)20/h11H,2-4H2,1H3. The number of alkyl halides is 6. The summed E-state index contributed by atoms with van der Waals surface area (Å²) in [6.45, 7) is -5.91. The van der Waals surface area contributed by atoms with Gasteiger partial charge in [-0.3, -0.25) is 0 Å². The molecule has 1 unspecified atom stereocenters. The van der Waals surface area contributed by atoms with E-state index in [4.69, 9.17) is 0 Å². The van der Waals surface area contributed by atoms with Gasteiger partial charge in [-0.2, -0.15) is 17.6 Å². The Balaban J connectivity index is 2.87. The van der Waals surface area contributed by atoms with Crippen LogP contribution in [0.25, 0.3) is 0 Å². The minimum absolute atomic E-state index is 0.667. The van der Waals surface area contributed by atoms with Crippen LogP contribution in [-0.4, -0.2) is 38.1 Å². The third-order valence-corrected chi connectivity index (χ3v) is 2.96. The molecule has 144 valence electrons. The second-order valence-electron chi connectivity index (χ2n) is 4.89. The van der Waals surface area contributed by atoms with Crippen LogP contribution in [0.5, 0.6) is 5.75 Å². The van der Waals surface area contributed by atoms with Crippen LogP contribution >= 0.6 is 0 Å². The average Bonchev–Trinajstić information content (AvgIpc) is 2.55. The molecule has 12 heteroatoms. The summed E-state index contributed by atoms with van der Waals surface area (Å²) in [7, 11) is 0. The topological polar surface area (TPSA) is 18.5 Å². The molecule has 0 amide bonds. The SMILES string of the molecule is Cc1c(F)c(F)c(OCC(F)(F)OCC(F)(CF)C(F)F)c(F)c1F. The Kier molecular flexibility index (Phi) is 6.54. The molecule has 1 rings (SSSR count). The number of benzene rings is 1. The van der Waals surface area contributed by atoms with Gasteiger partial charge in [-0.1, -0.05) is 0 Å². The smallest absolute Gasteiger partial charge is 0.389 e. The maximum absolute atomic E-state index is 13.4. The molecule has 0 fully saturated rings. The van der Waals surface area contributed by atoms with Crippen molar-refractivity contribution in [1.29, 1.82) is 0 Å². The normalized spacial score (nSPS) is 14.7. The highest BCUT2D eigenvalue weighted by Gasteiger charge is 2.45. The molecule has 0 saturated carbocycles. The summed E-state index contributed by atoms with van der Waals surface area (Å²) in [6.07, 6.45) is -8.62. The van der Waals surface area contributed by atoms with Crippen LogP contribution in [0.1, 0.15) is 5.56 Å². The Labute approximate surface area is 134 Å². The molecule has 1 aromatic rings. The molecule has 0 saturated heterocycles. The predicted octanol–water partition coefficient (Wildman–Crippen LogP) is 4.48. The van der Waals surface area contributed by atoms with E-state index in [2.05, 4.69) is 9.47 Å². The minimum Gasteiger partial charge on any atom is -0.478 e. The molecule has 0 aliphatic heterocycles. The molecule has 0 heterocycles. The predicted molar refractivity (Wildman–Crippen MR) is 63.2 cm³/mol. The fourth-order valence-corrected chi connectivity index (χ4v) is 1.43. The quantitative estimate of drug-likeness (QED) is 0.483. The Morgan fingerprint density at radius 3 is 1.76 bits per heavy atom. The molecule has 25 heavy (non-hydrogen) atoms. The van der Waals surface area contributed by atoms with Crippen molar-refractivity contribution < 1.29 is 53.4 Å². The summed E-state index contributed by atoms with van der Waals surface area (Å²) in [5, 5.41) is 0. The van der Waals surface area contributed by atoms with Crippen molar-refractivity contribution in [3.8, 4) is 5.75 Å². The first kappa shape index (κ1) is 21.3. The van der Waals surface area contributed by atoms with Gasteiger partial charge in [-0.25, -0.2) is 26.3 Å². The Bertz CT molecular complexity index is 592. The largest absolute Gasteiger partial charge is 0.478 e. The van der Waals surface area contributed by atoms with Crippen LogP contribution in [-0.2, 0) is 4.74 Å². The fourth-order valence-electron chi connectivity index (χ4n) is 1.43. The summed E-state index contributed by atoms with van der Waals surface area (Å²) < 4.78 is 137. The number of rotatable bonds is 8. The molecule has 0 N–H and O–H groups in total. The van der Waals surface area contributed by atoms with Crippen LogP contribution in [0.4, 0.5) is 43.9 Å². The number of halogens is 10. The van der Waals surface area contributed by atoms with Gasteiger partial charge < -0.3 is 9.47 Å². The van der Waals surface area contributed by atoms with Gasteiger partial charge in [-0.05, 0) is 6.92 Å². The first-order valence-electron chi connectivity index (χ1n) is 6.36. The van der Waals surface area contributed by atoms with E-state index in [1.807, 2.05) is 0 Å². The van der Waals surface area contributed by atoms with Crippen molar-refractivity contribution in [2.45, 2.75) is 25.1 Å². The molecule has 0 bridgehead atoms. The molecule has 0 radical (unpaired) electrons. The molecule has 1 aromatic carbocycles. The Morgan fingerprint density at radius 2 is 1.36 bits per heavy atom. The lowest BCUT2D eigenvalue weighted by Gasteiger charge is -2.24. The molecule has 0 aliphatic carbocycles. The third-order valence-electron chi connectivity index (χ3n) is 2.96. The second kappa shape index (κ2) is 7.67. The van der Waals surface area contributed by atoms with E-state index >= 15 is 0 Å². The van der Waals surface area contributed by atoms with Gasteiger partial charge in [0.2, 0.25) is 17.3 Å². The lowest BCUT2D eigenvalue weighted by atomic mass is 10.1. The van der Waals surface area contributed by atoms with Gasteiger partial charge in [-0.15, -0.1) is 0 Å². The zero-order chi connectivity index (χ0) is 19.6. The van der Waals surface area contributed by atoms with Gasteiger partial charge in [0.05, 0.1) is 6.61 Å². The summed E-state index contributed by atoms with van der Waals surface area (Å²) in [4.78, 5) is 0. The van der Waals surface area contributed by atoms with Gasteiger partial charge in [0, 0.05) is 5.56 Å². The van der Waals surface area contributed by atoms with E-state index in [9.17, 15) is 43.9 Å². The maximum atomic E-state index is 13.4. The highest BCUT2D eigenvalue weighted by atomic mass is 19.3. The van der Waals surface area contributed by atoms with Crippen LogP contribution in [0.3, 0.4) is 0 Å². The van der Waals surface area contributed by atoms with Crippen LogP contribution < -0.4 is 4.74 Å². The Hall–Kier alpha value is -1.72. The summed E-state index contributed by atoms with van der Waals surface area (Å²) in [5.41, 5.74) is -5.12. The van der Waals surface area contributed by atoms with Crippen molar-refractivity contribution in [3.63, 3.8) is 0 Å². The number of ether oxygens (including phenoxy) is 2. The highest BCUT2D eigenvalue weighted by Crippen LogP contribution is 2.31. The van der Waals surface area contributed by atoms with E-state index in [1.165, 1.54) is 0 Å². The summed E-state index contributed by atoms with van der Waals surface area (Å²) in [6, 6.07) is 0. The van der Waals surface area contributed by atoms with Gasteiger partial charge in [0.1, 0.15) is 6.67 Å². The highest BCUT2D eigenvalue weighted by molar-refractivity contribution is 5.33. The molecular weight excluding hydrogens is 378 g/mol. The zero-order valence-corrected chi connectivity index (χ0v) is 12.3. The molecule has 0 spiro atoms. The van der Waals surface area contributed by atoms with Gasteiger partial charge in [0.25, 0.3) is 6.43 Å². The van der Waals surface area contributed by atoms with E-state index in [0.717, 1.165) is 0 Å². The van der Waals surface area contributed by atoms with Crippen molar-refractivity contribution in [1.82, 2.24) is 0 Å². The molecule has 2 nitrogen and oxygen atoms in total. The monoisotopic (exact) mass is 388 g/mol. The van der Waals surface area contributed by atoms with Gasteiger partial charge >= 0.3 is 6.11 Å². The number of hydrogen-bond donors (Lipinski definition) is 0. The van der Waals surface area contributed by atoms with E-state index in [0.29, 0.717) is 6.92 Å². The molecule has 0 aromatic heterocycles. The fraction of sp³-hybridized carbons (Fsp3) is 0.538. The van der Waals surface area contributed by atoms with Crippen molar-refractivity contribution >= 4 is 0 Å². The molecule has 0 aliphatic rings. The van der Waals surface area contributed by atoms with Crippen LogP contribution in [0, 0.1) is 30.2 Å². The van der Waals surface area contributed by atoms with Crippen molar-refractivity contribution in [2.75, 3.05) is 19.9 Å². The van der Waals surface area contributed by atoms with E-state index < -0.39 is 72.7 Å².